The first kappa shape index (κ1) is 26.5. The fourth-order valence-electron chi connectivity index (χ4n) is 3.75. The highest BCUT2D eigenvalue weighted by Gasteiger charge is 2.46. The largest absolute Gasteiger partial charge is 0.481 e. The molecule has 1 fully saturated rings. The van der Waals surface area contributed by atoms with E-state index in [0.29, 0.717) is 5.69 Å². The molecule has 15 nitrogen and oxygen atoms in total. The average Bonchev–Trinajstić information content (AvgIpc) is 3.07. The number of nitrogens with zero attached hydrogens (tertiary/aromatic N) is 3. The maximum atomic E-state index is 13.2. The second-order valence-electron chi connectivity index (χ2n) is 7.79. The molecule has 0 saturated carbocycles. The van der Waals surface area contributed by atoms with Gasteiger partial charge in [-0.3, -0.25) is 23.4 Å². The topological polar surface area (TPSA) is 220 Å². The van der Waals surface area contributed by atoms with Gasteiger partial charge in [0.25, 0.3) is 5.56 Å². The Balaban J connectivity index is 1.58. The molecular formula is C19H21N3O12P2. The van der Waals surface area contributed by atoms with Crippen LogP contribution in [0, 0.1) is 0 Å². The summed E-state index contributed by atoms with van der Waals surface area (Å²) in [6.45, 7) is -1.14. The van der Waals surface area contributed by atoms with Crippen molar-refractivity contribution in [3.8, 4) is 0 Å². The molecule has 194 valence electrons. The summed E-state index contributed by atoms with van der Waals surface area (Å²) in [4.78, 5) is 56.6. The molecule has 1 saturated heterocycles. The van der Waals surface area contributed by atoms with Crippen LogP contribution in [0.3, 0.4) is 0 Å². The van der Waals surface area contributed by atoms with Crippen molar-refractivity contribution >= 4 is 26.4 Å². The molecule has 5 atom stereocenters. The molecule has 3 aromatic rings. The van der Waals surface area contributed by atoms with E-state index in [2.05, 4.69) is 13.8 Å². The Bertz CT molecular complexity index is 1480. The maximum absolute atomic E-state index is 13.2. The van der Waals surface area contributed by atoms with E-state index in [1.54, 1.807) is 18.2 Å². The number of ether oxygens (including phenoxy) is 1. The summed E-state index contributed by atoms with van der Waals surface area (Å²) in [6, 6.07) is 10.1. The Morgan fingerprint density at radius 3 is 2.47 bits per heavy atom. The molecule has 17 heteroatoms. The van der Waals surface area contributed by atoms with Gasteiger partial charge in [-0.2, -0.15) is 4.31 Å². The lowest BCUT2D eigenvalue weighted by molar-refractivity contribution is -0.0547. The SMILES string of the molecule is O=c1ccn([C@@H]2O[C@H](COP(=O)(O)OP(=O)(O)O)[C@H](O)C2O)c(=O)n1Cc1nccc2ccccc12. The number of aromatic nitrogens is 3. The summed E-state index contributed by atoms with van der Waals surface area (Å²) < 4.78 is 37.6. The molecule has 2 aromatic heterocycles. The van der Waals surface area contributed by atoms with E-state index in [4.69, 9.17) is 14.5 Å². The summed E-state index contributed by atoms with van der Waals surface area (Å²) >= 11 is 0. The van der Waals surface area contributed by atoms with Crippen LogP contribution in [0.5, 0.6) is 0 Å². The standard InChI is InChI=1S/C19H21N3O12P2/c23-15-6-8-21(19(26)22(15)9-13-12-4-2-1-3-11(12)5-7-20-13)18-17(25)16(24)14(33-18)10-32-36(30,31)34-35(27,28)29/h1-8,14,16-18,24-25H,9-10H2,(H,30,31)(H2,27,28,29)/t14-,16+,17?,18-/m1/s1. The predicted molar refractivity (Wildman–Crippen MR) is 121 cm³/mol. The quantitative estimate of drug-likeness (QED) is 0.225. The second-order valence-corrected chi connectivity index (χ2v) is 10.6. The Morgan fingerprint density at radius 2 is 1.75 bits per heavy atom. The van der Waals surface area contributed by atoms with Crippen molar-refractivity contribution in [2.45, 2.75) is 31.1 Å². The van der Waals surface area contributed by atoms with Gasteiger partial charge in [0.2, 0.25) is 0 Å². The lowest BCUT2D eigenvalue weighted by atomic mass is 10.1. The van der Waals surface area contributed by atoms with Crippen molar-refractivity contribution in [3.63, 3.8) is 0 Å². The van der Waals surface area contributed by atoms with Gasteiger partial charge in [0, 0.05) is 23.8 Å². The van der Waals surface area contributed by atoms with Crippen molar-refractivity contribution in [1.82, 2.24) is 14.1 Å². The van der Waals surface area contributed by atoms with Crippen molar-refractivity contribution in [2.24, 2.45) is 0 Å². The first-order valence-corrected chi connectivity index (χ1v) is 13.3. The summed E-state index contributed by atoms with van der Waals surface area (Å²) in [6.07, 6.45) is -3.93. The van der Waals surface area contributed by atoms with E-state index < -0.39 is 58.0 Å². The molecule has 0 aliphatic carbocycles. The number of pyridine rings is 1. The number of phosphoric ester groups is 1. The number of fused-ring (bicyclic) bond motifs is 1. The molecule has 0 bridgehead atoms. The molecule has 3 heterocycles. The minimum absolute atomic E-state index is 0.203. The van der Waals surface area contributed by atoms with Gasteiger partial charge in [0.1, 0.15) is 18.3 Å². The van der Waals surface area contributed by atoms with E-state index in [1.165, 1.54) is 6.20 Å². The maximum Gasteiger partial charge on any atom is 0.481 e. The lowest BCUT2D eigenvalue weighted by Gasteiger charge is -2.19. The summed E-state index contributed by atoms with van der Waals surface area (Å²) in [5, 5.41) is 22.3. The van der Waals surface area contributed by atoms with Crippen molar-refractivity contribution in [2.75, 3.05) is 6.61 Å². The molecular weight excluding hydrogens is 524 g/mol. The summed E-state index contributed by atoms with van der Waals surface area (Å²) in [5.41, 5.74) is -1.12. The highest BCUT2D eigenvalue weighted by Crippen LogP contribution is 2.57. The van der Waals surface area contributed by atoms with Crippen LogP contribution in [0.25, 0.3) is 10.8 Å². The molecule has 5 N–H and O–H groups in total. The van der Waals surface area contributed by atoms with Crippen LogP contribution in [-0.2, 0) is 29.2 Å². The number of phosphoric acid groups is 2. The predicted octanol–water partition coefficient (Wildman–Crippen LogP) is -0.548. The van der Waals surface area contributed by atoms with Gasteiger partial charge >= 0.3 is 21.3 Å². The van der Waals surface area contributed by atoms with Crippen LogP contribution in [0.2, 0.25) is 0 Å². The van der Waals surface area contributed by atoms with Crippen LogP contribution in [0.15, 0.2) is 58.4 Å². The van der Waals surface area contributed by atoms with Gasteiger partial charge in [-0.15, -0.1) is 0 Å². The zero-order valence-corrected chi connectivity index (χ0v) is 20.0. The Kier molecular flexibility index (Phi) is 7.42. The number of hydrogen-bond acceptors (Lipinski definition) is 10. The smallest absolute Gasteiger partial charge is 0.387 e. The second kappa shape index (κ2) is 10.1. The number of hydrogen-bond donors (Lipinski definition) is 5. The Labute approximate surface area is 201 Å². The molecule has 0 radical (unpaired) electrons. The van der Waals surface area contributed by atoms with Crippen LogP contribution in [0.1, 0.15) is 11.9 Å². The number of benzene rings is 1. The van der Waals surface area contributed by atoms with Crippen molar-refractivity contribution < 1.29 is 47.6 Å². The highest BCUT2D eigenvalue weighted by atomic mass is 31.3. The van der Waals surface area contributed by atoms with Gasteiger partial charge in [-0.25, -0.2) is 13.9 Å². The van der Waals surface area contributed by atoms with E-state index in [-0.39, 0.29) is 6.54 Å². The first-order chi connectivity index (χ1) is 16.9. The molecule has 36 heavy (non-hydrogen) atoms. The van der Waals surface area contributed by atoms with Gasteiger partial charge < -0.3 is 29.6 Å². The lowest BCUT2D eigenvalue weighted by Crippen LogP contribution is -2.43. The third-order valence-corrected chi connectivity index (χ3v) is 7.53. The van der Waals surface area contributed by atoms with Crippen molar-refractivity contribution in [1.29, 1.82) is 0 Å². The zero-order valence-electron chi connectivity index (χ0n) is 18.2. The van der Waals surface area contributed by atoms with Crippen LogP contribution < -0.4 is 11.2 Å². The number of aliphatic hydroxyl groups is 2. The van der Waals surface area contributed by atoms with Crippen molar-refractivity contribution in [3.05, 3.63) is 75.3 Å². The molecule has 0 spiro atoms. The van der Waals surface area contributed by atoms with E-state index >= 15 is 0 Å². The van der Waals surface area contributed by atoms with E-state index in [1.807, 2.05) is 12.1 Å². The first-order valence-electron chi connectivity index (χ1n) is 10.3. The minimum Gasteiger partial charge on any atom is -0.387 e. The molecule has 0 amide bonds. The summed E-state index contributed by atoms with van der Waals surface area (Å²) in [7, 11) is -10.6. The number of rotatable bonds is 8. The minimum atomic E-state index is -5.37. The fourth-order valence-corrected chi connectivity index (χ4v) is 5.35. The monoisotopic (exact) mass is 545 g/mol. The Morgan fingerprint density at radius 1 is 1.03 bits per heavy atom. The molecule has 2 unspecified atom stereocenters. The Hall–Kier alpha value is -2.55. The molecule has 1 aromatic carbocycles. The molecule has 1 aliphatic heterocycles. The van der Waals surface area contributed by atoms with Gasteiger partial charge in [-0.05, 0) is 11.5 Å². The van der Waals surface area contributed by atoms with Gasteiger partial charge in [-0.1, -0.05) is 24.3 Å². The average molecular weight is 545 g/mol. The van der Waals surface area contributed by atoms with Crippen LogP contribution >= 0.6 is 15.6 Å². The summed E-state index contributed by atoms with van der Waals surface area (Å²) in [5.74, 6) is 0. The van der Waals surface area contributed by atoms with E-state index in [9.17, 15) is 33.8 Å². The molecule has 1 aliphatic rings. The highest BCUT2D eigenvalue weighted by molar-refractivity contribution is 7.60. The fraction of sp³-hybridized carbons (Fsp3) is 0.316. The zero-order chi connectivity index (χ0) is 26.3. The third kappa shape index (κ3) is 5.71. The van der Waals surface area contributed by atoms with Gasteiger partial charge in [0.05, 0.1) is 18.8 Å². The van der Waals surface area contributed by atoms with Crippen LogP contribution in [0.4, 0.5) is 0 Å². The van der Waals surface area contributed by atoms with E-state index in [0.717, 1.165) is 32.2 Å². The van der Waals surface area contributed by atoms with Crippen LogP contribution in [-0.4, -0.2) is 63.9 Å². The van der Waals surface area contributed by atoms with Gasteiger partial charge in [0.15, 0.2) is 6.23 Å². The normalized spacial score (nSPS) is 24.1. The third-order valence-electron chi connectivity index (χ3n) is 5.38. The molecule has 4 rings (SSSR count). The number of aliphatic hydroxyl groups excluding tert-OH is 2.